The molecule has 3 rings (SSSR count). The molecule has 28 heavy (non-hydrogen) atoms. The SMILES string of the molecule is O=C1NC(=O)N(CCc2ccc(F)cc2)C(=O)[C@@H]1C=NCCN1CCNCC1. The molecule has 0 saturated carbocycles. The van der Waals surface area contributed by atoms with E-state index in [1.807, 2.05) is 0 Å². The fourth-order valence-electron chi connectivity index (χ4n) is 3.18. The molecule has 2 aliphatic rings. The first-order valence-electron chi connectivity index (χ1n) is 9.38. The Hall–Kier alpha value is -2.65. The average Bonchev–Trinajstić information content (AvgIpc) is 2.69. The van der Waals surface area contributed by atoms with Gasteiger partial charge in [-0.15, -0.1) is 0 Å². The summed E-state index contributed by atoms with van der Waals surface area (Å²) < 4.78 is 13.0. The van der Waals surface area contributed by atoms with Crippen LogP contribution in [0.3, 0.4) is 0 Å². The predicted octanol–water partition coefficient (Wildman–Crippen LogP) is 0.0388. The molecule has 1 aromatic carbocycles. The summed E-state index contributed by atoms with van der Waals surface area (Å²) in [7, 11) is 0. The zero-order valence-corrected chi connectivity index (χ0v) is 15.6. The van der Waals surface area contributed by atoms with Gasteiger partial charge in [0.15, 0.2) is 5.92 Å². The third-order valence-corrected chi connectivity index (χ3v) is 4.84. The van der Waals surface area contributed by atoms with Gasteiger partial charge in [0.1, 0.15) is 5.82 Å². The van der Waals surface area contributed by atoms with Crippen molar-refractivity contribution in [1.82, 2.24) is 20.4 Å². The standard InChI is InChI=1S/C19H24FN5O3/c20-15-3-1-14(2-4-15)5-9-25-18(27)16(17(26)23-19(25)28)13-22-8-12-24-10-6-21-7-11-24/h1-4,13,16,21H,5-12H2,(H,23,26,28)/t16-/m1/s1. The Morgan fingerprint density at radius 3 is 2.54 bits per heavy atom. The minimum absolute atomic E-state index is 0.106. The minimum atomic E-state index is -1.10. The summed E-state index contributed by atoms with van der Waals surface area (Å²) in [6.07, 6.45) is 1.71. The molecule has 1 atom stereocenters. The smallest absolute Gasteiger partial charge is 0.314 e. The minimum Gasteiger partial charge on any atom is -0.314 e. The number of benzene rings is 1. The van der Waals surface area contributed by atoms with Crippen molar-refractivity contribution < 1.29 is 18.8 Å². The van der Waals surface area contributed by atoms with E-state index in [0.717, 1.165) is 43.2 Å². The van der Waals surface area contributed by atoms with Gasteiger partial charge in [-0.3, -0.25) is 29.7 Å². The highest BCUT2D eigenvalue weighted by Gasteiger charge is 2.39. The van der Waals surface area contributed by atoms with Gasteiger partial charge in [0.2, 0.25) is 11.8 Å². The van der Waals surface area contributed by atoms with Crippen LogP contribution in [0.2, 0.25) is 0 Å². The molecule has 150 valence electrons. The van der Waals surface area contributed by atoms with Gasteiger partial charge in [-0.25, -0.2) is 9.18 Å². The van der Waals surface area contributed by atoms with Crippen LogP contribution in [0, 0.1) is 11.7 Å². The number of barbiturate groups is 1. The highest BCUT2D eigenvalue weighted by atomic mass is 19.1. The number of hydrogen-bond donors (Lipinski definition) is 2. The molecular formula is C19H24FN5O3. The summed E-state index contributed by atoms with van der Waals surface area (Å²) >= 11 is 0. The Morgan fingerprint density at radius 1 is 1.11 bits per heavy atom. The maximum atomic E-state index is 13.0. The van der Waals surface area contributed by atoms with Crippen LogP contribution in [-0.4, -0.2) is 79.7 Å². The lowest BCUT2D eigenvalue weighted by Crippen LogP contribution is -2.58. The number of urea groups is 1. The molecular weight excluding hydrogens is 365 g/mol. The Labute approximate surface area is 162 Å². The molecule has 2 saturated heterocycles. The second-order valence-corrected chi connectivity index (χ2v) is 6.79. The average molecular weight is 389 g/mol. The predicted molar refractivity (Wildman–Crippen MR) is 102 cm³/mol. The number of rotatable bonds is 7. The van der Waals surface area contributed by atoms with E-state index >= 15 is 0 Å². The molecule has 9 heteroatoms. The van der Waals surface area contributed by atoms with Crippen molar-refractivity contribution in [2.75, 3.05) is 45.8 Å². The molecule has 2 fully saturated rings. The van der Waals surface area contributed by atoms with E-state index in [1.165, 1.54) is 18.3 Å². The van der Waals surface area contributed by atoms with E-state index < -0.39 is 23.8 Å². The van der Waals surface area contributed by atoms with Crippen LogP contribution in [0.4, 0.5) is 9.18 Å². The normalized spacial score (nSPS) is 21.4. The lowest BCUT2D eigenvalue weighted by atomic mass is 10.1. The molecule has 0 unspecified atom stereocenters. The van der Waals surface area contributed by atoms with E-state index in [4.69, 9.17) is 0 Å². The summed E-state index contributed by atoms with van der Waals surface area (Å²) in [6.45, 7) is 5.13. The van der Waals surface area contributed by atoms with Gasteiger partial charge in [0, 0.05) is 45.5 Å². The van der Waals surface area contributed by atoms with Crippen LogP contribution in [0.25, 0.3) is 0 Å². The van der Waals surface area contributed by atoms with E-state index in [1.54, 1.807) is 12.1 Å². The summed E-state index contributed by atoms with van der Waals surface area (Å²) in [5, 5.41) is 5.47. The van der Waals surface area contributed by atoms with E-state index in [2.05, 4.69) is 20.5 Å². The summed E-state index contributed by atoms with van der Waals surface area (Å²) in [5.41, 5.74) is 0.792. The number of imide groups is 2. The number of hydrogen-bond acceptors (Lipinski definition) is 6. The van der Waals surface area contributed by atoms with Gasteiger partial charge < -0.3 is 5.32 Å². The van der Waals surface area contributed by atoms with Gasteiger partial charge in [0.05, 0.1) is 6.54 Å². The second kappa shape index (κ2) is 9.52. The number of aliphatic imine (C=N–C) groups is 1. The first-order valence-corrected chi connectivity index (χ1v) is 9.38. The van der Waals surface area contributed by atoms with Crippen molar-refractivity contribution in [2.45, 2.75) is 6.42 Å². The number of piperazine rings is 1. The van der Waals surface area contributed by atoms with Crippen molar-refractivity contribution in [3.05, 3.63) is 35.6 Å². The van der Waals surface area contributed by atoms with Crippen molar-refractivity contribution in [3.63, 3.8) is 0 Å². The number of carbonyl (C=O) groups excluding carboxylic acids is 3. The second-order valence-electron chi connectivity index (χ2n) is 6.79. The van der Waals surface area contributed by atoms with Gasteiger partial charge in [0.25, 0.3) is 0 Å². The number of halogens is 1. The maximum Gasteiger partial charge on any atom is 0.330 e. The Kier molecular flexibility index (Phi) is 6.83. The molecule has 2 aliphatic heterocycles. The molecule has 2 N–H and O–H groups in total. The Morgan fingerprint density at radius 2 is 1.82 bits per heavy atom. The Balaban J connectivity index is 1.54. The molecule has 1 aromatic rings. The largest absolute Gasteiger partial charge is 0.330 e. The number of nitrogens with one attached hydrogen (secondary N) is 2. The summed E-state index contributed by atoms with van der Waals surface area (Å²) in [6, 6.07) is 5.11. The molecule has 0 spiro atoms. The molecule has 8 nitrogen and oxygen atoms in total. The zero-order chi connectivity index (χ0) is 19.9. The number of carbonyl (C=O) groups is 3. The van der Waals surface area contributed by atoms with Gasteiger partial charge >= 0.3 is 6.03 Å². The highest BCUT2D eigenvalue weighted by molar-refractivity contribution is 6.23. The van der Waals surface area contributed by atoms with Crippen LogP contribution in [0.5, 0.6) is 0 Å². The van der Waals surface area contributed by atoms with Gasteiger partial charge in [-0.05, 0) is 24.1 Å². The molecule has 0 aliphatic carbocycles. The Bertz CT molecular complexity index is 746. The first kappa shape index (κ1) is 20.1. The molecule has 0 aromatic heterocycles. The van der Waals surface area contributed by atoms with Gasteiger partial charge in [-0.2, -0.15) is 0 Å². The zero-order valence-electron chi connectivity index (χ0n) is 15.6. The summed E-state index contributed by atoms with van der Waals surface area (Å²) in [5.74, 6) is -2.69. The number of nitrogens with zero attached hydrogens (tertiary/aromatic N) is 3. The van der Waals surface area contributed by atoms with E-state index in [0.29, 0.717) is 13.0 Å². The van der Waals surface area contributed by atoms with Crippen LogP contribution in [0.15, 0.2) is 29.3 Å². The molecule has 0 radical (unpaired) electrons. The molecule has 2 heterocycles. The maximum absolute atomic E-state index is 13.0. The fourth-order valence-corrected chi connectivity index (χ4v) is 3.18. The van der Waals surface area contributed by atoms with Crippen LogP contribution in [0.1, 0.15) is 5.56 Å². The third kappa shape index (κ3) is 5.20. The number of amides is 4. The van der Waals surface area contributed by atoms with Crippen molar-refractivity contribution >= 4 is 24.1 Å². The van der Waals surface area contributed by atoms with Crippen LogP contribution >= 0.6 is 0 Å². The van der Waals surface area contributed by atoms with E-state index in [-0.39, 0.29) is 12.4 Å². The van der Waals surface area contributed by atoms with Crippen LogP contribution < -0.4 is 10.6 Å². The third-order valence-electron chi connectivity index (χ3n) is 4.84. The van der Waals surface area contributed by atoms with Crippen LogP contribution in [-0.2, 0) is 16.0 Å². The lowest BCUT2D eigenvalue weighted by molar-refractivity contribution is -0.139. The lowest BCUT2D eigenvalue weighted by Gasteiger charge is -2.28. The topological polar surface area (TPSA) is 94.1 Å². The van der Waals surface area contributed by atoms with Crippen molar-refractivity contribution in [1.29, 1.82) is 0 Å². The van der Waals surface area contributed by atoms with Crippen molar-refractivity contribution in [3.8, 4) is 0 Å². The fraction of sp³-hybridized carbons (Fsp3) is 0.474. The highest BCUT2D eigenvalue weighted by Crippen LogP contribution is 2.11. The quantitative estimate of drug-likeness (QED) is 0.507. The van der Waals surface area contributed by atoms with Gasteiger partial charge in [-0.1, -0.05) is 12.1 Å². The van der Waals surface area contributed by atoms with E-state index in [9.17, 15) is 18.8 Å². The molecule has 4 amide bonds. The molecule has 0 bridgehead atoms. The first-order chi connectivity index (χ1) is 13.5. The summed E-state index contributed by atoms with van der Waals surface area (Å²) in [4.78, 5) is 44.2. The van der Waals surface area contributed by atoms with Crippen molar-refractivity contribution in [2.24, 2.45) is 10.9 Å². The monoisotopic (exact) mass is 389 g/mol.